The maximum Gasteiger partial charge on any atom is 0.219 e. The van der Waals surface area contributed by atoms with E-state index >= 15 is 0 Å². The second-order valence-corrected chi connectivity index (χ2v) is 11.1. The van der Waals surface area contributed by atoms with Gasteiger partial charge in [-0.05, 0) is 43.4 Å². The van der Waals surface area contributed by atoms with Crippen molar-refractivity contribution in [2.45, 2.75) is 66.9 Å². The first-order valence-electron chi connectivity index (χ1n) is 11.3. The SMILES string of the molecule is N#CC1=C(N)N(c2nnc(SC3CCCCC3)s2)C2=C(C(=O)CCC2)C1c1ccc(F)cc1. The van der Waals surface area contributed by atoms with Gasteiger partial charge in [0.05, 0.1) is 17.6 Å². The number of nitriles is 1. The Kier molecular flexibility index (Phi) is 6.21. The van der Waals surface area contributed by atoms with Gasteiger partial charge >= 0.3 is 0 Å². The number of nitrogens with two attached hydrogens (primary N) is 1. The van der Waals surface area contributed by atoms with Crippen molar-refractivity contribution in [2.75, 3.05) is 4.90 Å². The fourth-order valence-corrected chi connectivity index (χ4v) is 7.35. The Balaban J connectivity index is 1.56. The summed E-state index contributed by atoms with van der Waals surface area (Å²) in [6.07, 6.45) is 7.96. The minimum absolute atomic E-state index is 0.00264. The van der Waals surface area contributed by atoms with Gasteiger partial charge in [-0.15, -0.1) is 10.2 Å². The molecule has 2 N–H and O–H groups in total. The number of ketones is 1. The second kappa shape index (κ2) is 9.27. The average Bonchev–Trinajstić information content (AvgIpc) is 3.27. The van der Waals surface area contributed by atoms with E-state index in [0.29, 0.717) is 40.8 Å². The molecule has 1 aliphatic heterocycles. The van der Waals surface area contributed by atoms with E-state index in [2.05, 4.69) is 16.3 Å². The lowest BCUT2D eigenvalue weighted by atomic mass is 9.76. The first kappa shape index (κ1) is 22.1. The predicted molar refractivity (Wildman–Crippen MR) is 127 cm³/mol. The Hall–Kier alpha value is -2.70. The average molecular weight is 482 g/mol. The van der Waals surface area contributed by atoms with Crippen LogP contribution in [0.4, 0.5) is 9.52 Å². The van der Waals surface area contributed by atoms with E-state index in [9.17, 15) is 14.4 Å². The summed E-state index contributed by atoms with van der Waals surface area (Å²) in [5, 5.41) is 20.0. The van der Waals surface area contributed by atoms with Crippen LogP contribution >= 0.6 is 23.1 Å². The maximum atomic E-state index is 13.6. The zero-order valence-electron chi connectivity index (χ0n) is 18.1. The number of aromatic nitrogens is 2. The Morgan fingerprint density at radius 3 is 2.61 bits per heavy atom. The van der Waals surface area contributed by atoms with Gasteiger partial charge < -0.3 is 5.73 Å². The van der Waals surface area contributed by atoms with Gasteiger partial charge in [0, 0.05) is 22.9 Å². The first-order chi connectivity index (χ1) is 16.1. The molecule has 3 aliphatic rings. The van der Waals surface area contributed by atoms with Gasteiger partial charge in [0.25, 0.3) is 0 Å². The van der Waals surface area contributed by atoms with E-state index in [4.69, 9.17) is 5.73 Å². The third-order valence-electron chi connectivity index (χ3n) is 6.52. The molecule has 1 aromatic heterocycles. The van der Waals surface area contributed by atoms with E-state index in [1.807, 2.05) is 0 Å². The van der Waals surface area contributed by atoms with Crippen molar-refractivity contribution in [3.8, 4) is 6.07 Å². The Bertz CT molecular complexity index is 1170. The normalized spacial score (nSPS) is 21.9. The molecular formula is C24H24FN5OS2. The van der Waals surface area contributed by atoms with E-state index in [0.717, 1.165) is 10.0 Å². The molecule has 1 unspecified atom stereocenters. The Morgan fingerprint density at radius 1 is 1.12 bits per heavy atom. The van der Waals surface area contributed by atoms with Gasteiger partial charge in [-0.2, -0.15) is 5.26 Å². The summed E-state index contributed by atoms with van der Waals surface area (Å²) in [7, 11) is 0. The maximum absolute atomic E-state index is 13.6. The lowest BCUT2D eigenvalue weighted by molar-refractivity contribution is -0.116. The number of benzene rings is 1. The number of nitrogens with zero attached hydrogens (tertiary/aromatic N) is 4. The number of carbonyl (C=O) groups excluding carboxylic acids is 1. The minimum atomic E-state index is -0.598. The first-order valence-corrected chi connectivity index (χ1v) is 13.0. The van der Waals surface area contributed by atoms with Crippen molar-refractivity contribution in [3.63, 3.8) is 0 Å². The fourth-order valence-electron chi connectivity index (χ4n) is 4.96. The van der Waals surface area contributed by atoms with Gasteiger partial charge in [0.1, 0.15) is 11.6 Å². The second-order valence-electron chi connectivity index (χ2n) is 8.60. The molecule has 2 heterocycles. The van der Waals surface area contributed by atoms with E-state index < -0.39 is 5.92 Å². The highest BCUT2D eigenvalue weighted by atomic mass is 32.2. The number of allylic oxidation sites excluding steroid dienone is 3. The van der Waals surface area contributed by atoms with Crippen LogP contribution in [0.2, 0.25) is 0 Å². The smallest absolute Gasteiger partial charge is 0.219 e. The van der Waals surface area contributed by atoms with Crippen LogP contribution in [0.3, 0.4) is 0 Å². The third kappa shape index (κ3) is 4.18. The summed E-state index contributed by atoms with van der Waals surface area (Å²) in [5.41, 5.74) is 8.88. The van der Waals surface area contributed by atoms with Crippen LogP contribution in [-0.4, -0.2) is 21.2 Å². The highest BCUT2D eigenvalue weighted by Crippen LogP contribution is 2.47. The molecule has 0 amide bonds. The zero-order valence-corrected chi connectivity index (χ0v) is 19.7. The van der Waals surface area contributed by atoms with E-state index in [1.54, 1.807) is 28.8 Å². The van der Waals surface area contributed by atoms with Crippen LogP contribution in [0.25, 0.3) is 0 Å². The number of hydrogen-bond donors (Lipinski definition) is 1. The summed E-state index contributed by atoms with van der Waals surface area (Å²) in [6, 6.07) is 8.16. The van der Waals surface area contributed by atoms with Crippen molar-refractivity contribution in [1.29, 1.82) is 5.26 Å². The lowest BCUT2D eigenvalue weighted by Crippen LogP contribution is -2.38. The molecule has 1 fully saturated rings. The molecule has 2 aliphatic carbocycles. The van der Waals surface area contributed by atoms with Crippen LogP contribution in [-0.2, 0) is 4.79 Å². The molecule has 33 heavy (non-hydrogen) atoms. The van der Waals surface area contributed by atoms with Gasteiger partial charge in [0.2, 0.25) is 5.13 Å². The van der Waals surface area contributed by atoms with E-state index in [1.165, 1.54) is 55.6 Å². The molecule has 1 aromatic carbocycles. The number of carbonyl (C=O) groups is 1. The summed E-state index contributed by atoms with van der Waals surface area (Å²) in [6.45, 7) is 0. The van der Waals surface area contributed by atoms with Crippen molar-refractivity contribution >= 4 is 34.0 Å². The quantitative estimate of drug-likeness (QED) is 0.624. The van der Waals surface area contributed by atoms with Crippen molar-refractivity contribution in [3.05, 3.63) is 58.3 Å². The number of Topliss-reactive ketones (excluding diaryl/α,β-unsaturated/α-hetero) is 1. The zero-order chi connectivity index (χ0) is 22.9. The van der Waals surface area contributed by atoms with Crippen LogP contribution in [0, 0.1) is 17.1 Å². The fraction of sp³-hybridized carbons (Fsp3) is 0.417. The topological polar surface area (TPSA) is 95.9 Å². The molecule has 170 valence electrons. The Morgan fingerprint density at radius 2 is 1.88 bits per heavy atom. The van der Waals surface area contributed by atoms with Gasteiger partial charge in [-0.25, -0.2) is 4.39 Å². The summed E-state index contributed by atoms with van der Waals surface area (Å²) in [5.74, 6) is -0.700. The van der Waals surface area contributed by atoms with Crippen molar-refractivity contribution in [1.82, 2.24) is 10.2 Å². The molecular weight excluding hydrogens is 457 g/mol. The molecule has 1 atom stereocenters. The molecule has 0 radical (unpaired) electrons. The summed E-state index contributed by atoms with van der Waals surface area (Å²) >= 11 is 3.22. The molecule has 5 rings (SSSR count). The lowest BCUT2D eigenvalue weighted by Gasteiger charge is -2.38. The van der Waals surface area contributed by atoms with Crippen LogP contribution in [0.15, 0.2) is 51.3 Å². The monoisotopic (exact) mass is 481 g/mol. The largest absolute Gasteiger partial charge is 0.384 e. The number of halogens is 1. The highest BCUT2D eigenvalue weighted by Gasteiger charge is 2.41. The van der Waals surface area contributed by atoms with Crippen molar-refractivity contribution < 1.29 is 9.18 Å². The minimum Gasteiger partial charge on any atom is -0.384 e. The molecule has 0 bridgehead atoms. The standard InChI is InChI=1S/C24H24FN5OS2/c25-15-11-9-14(10-12-15)20-17(13-26)22(27)30(18-7-4-8-19(31)21(18)20)23-28-29-24(33-23)32-16-5-2-1-3-6-16/h9-12,16,20H,1-8,27H2. The van der Waals surface area contributed by atoms with Crippen LogP contribution < -0.4 is 10.6 Å². The highest BCUT2D eigenvalue weighted by molar-refractivity contribution is 8.01. The van der Waals surface area contributed by atoms with Gasteiger partial charge in [0.15, 0.2) is 10.1 Å². The molecule has 0 saturated heterocycles. The van der Waals surface area contributed by atoms with Crippen LogP contribution in [0.5, 0.6) is 0 Å². The van der Waals surface area contributed by atoms with Gasteiger partial charge in [-0.1, -0.05) is 54.5 Å². The summed E-state index contributed by atoms with van der Waals surface area (Å²) < 4.78 is 14.5. The van der Waals surface area contributed by atoms with Crippen LogP contribution in [0.1, 0.15) is 62.8 Å². The molecule has 6 nitrogen and oxygen atoms in total. The number of hydrogen-bond acceptors (Lipinski definition) is 8. The van der Waals surface area contributed by atoms with E-state index in [-0.39, 0.29) is 23.0 Å². The molecule has 1 saturated carbocycles. The number of rotatable bonds is 4. The Labute approximate surface area is 200 Å². The summed E-state index contributed by atoms with van der Waals surface area (Å²) in [4.78, 5) is 14.9. The third-order valence-corrected chi connectivity index (χ3v) is 8.85. The van der Waals surface area contributed by atoms with Crippen molar-refractivity contribution in [2.24, 2.45) is 5.73 Å². The molecule has 9 heteroatoms. The number of anilines is 1. The predicted octanol–water partition coefficient (Wildman–Crippen LogP) is 5.41. The molecule has 0 spiro atoms. The number of thioether (sulfide) groups is 1. The van der Waals surface area contributed by atoms with Gasteiger partial charge in [-0.3, -0.25) is 9.69 Å². The molecule has 2 aromatic rings.